The van der Waals surface area contributed by atoms with Gasteiger partial charge in [0.2, 0.25) is 5.82 Å². The molecule has 0 bridgehead atoms. The Hall–Kier alpha value is -1.84. The third-order valence-electron chi connectivity index (χ3n) is 2.65. The Bertz CT molecular complexity index is 665. The van der Waals surface area contributed by atoms with Crippen molar-refractivity contribution in [2.24, 2.45) is 0 Å². The molecule has 0 N–H and O–H groups in total. The second-order valence-electron chi connectivity index (χ2n) is 3.88. The van der Waals surface area contributed by atoms with E-state index >= 15 is 0 Å². The van der Waals surface area contributed by atoms with E-state index in [0.29, 0.717) is 27.3 Å². The lowest BCUT2D eigenvalue weighted by molar-refractivity contribution is 0.432. The van der Waals surface area contributed by atoms with Gasteiger partial charge in [-0.3, -0.25) is 0 Å². The van der Waals surface area contributed by atoms with Gasteiger partial charge in [-0.2, -0.15) is 4.98 Å². The van der Waals surface area contributed by atoms with Crippen LogP contribution in [0.5, 0.6) is 0 Å². The SMILES string of the molecule is Clc1ccccc1-c1noc(-c2ccccc2Cl)n1. The van der Waals surface area contributed by atoms with Crippen LogP contribution in [-0.2, 0) is 0 Å². The molecule has 0 spiro atoms. The summed E-state index contributed by atoms with van der Waals surface area (Å²) >= 11 is 12.2. The van der Waals surface area contributed by atoms with Crippen molar-refractivity contribution in [1.29, 1.82) is 0 Å². The minimum Gasteiger partial charge on any atom is -0.334 e. The Morgan fingerprint density at radius 1 is 0.789 bits per heavy atom. The van der Waals surface area contributed by atoms with Gasteiger partial charge in [-0.15, -0.1) is 0 Å². The smallest absolute Gasteiger partial charge is 0.259 e. The molecule has 0 atom stereocenters. The molecule has 0 unspecified atom stereocenters. The molecule has 5 heteroatoms. The lowest BCUT2D eigenvalue weighted by Gasteiger charge is -1.97. The van der Waals surface area contributed by atoms with E-state index < -0.39 is 0 Å². The average Bonchev–Trinajstić information content (AvgIpc) is 2.89. The van der Waals surface area contributed by atoms with Gasteiger partial charge >= 0.3 is 0 Å². The summed E-state index contributed by atoms with van der Waals surface area (Å²) in [5.41, 5.74) is 1.43. The molecule has 0 saturated carbocycles. The Kier molecular flexibility index (Phi) is 3.23. The number of rotatable bonds is 2. The number of benzene rings is 2. The second-order valence-corrected chi connectivity index (χ2v) is 4.70. The molecule has 3 rings (SSSR count). The van der Waals surface area contributed by atoms with Crippen LogP contribution in [0.3, 0.4) is 0 Å². The highest BCUT2D eigenvalue weighted by atomic mass is 35.5. The Morgan fingerprint density at radius 2 is 1.37 bits per heavy atom. The van der Waals surface area contributed by atoms with Gasteiger partial charge in [0, 0.05) is 5.56 Å². The third-order valence-corrected chi connectivity index (χ3v) is 3.30. The first-order valence-electron chi connectivity index (χ1n) is 5.59. The zero-order chi connectivity index (χ0) is 13.2. The quantitative estimate of drug-likeness (QED) is 0.686. The second kappa shape index (κ2) is 5.03. The van der Waals surface area contributed by atoms with Gasteiger partial charge in [-0.1, -0.05) is 52.6 Å². The highest BCUT2D eigenvalue weighted by Crippen LogP contribution is 2.30. The molecule has 0 amide bonds. The zero-order valence-electron chi connectivity index (χ0n) is 9.68. The van der Waals surface area contributed by atoms with E-state index in [1.807, 2.05) is 36.4 Å². The van der Waals surface area contributed by atoms with E-state index in [4.69, 9.17) is 27.7 Å². The monoisotopic (exact) mass is 290 g/mol. The van der Waals surface area contributed by atoms with Crippen molar-refractivity contribution in [3.05, 3.63) is 58.6 Å². The first-order valence-corrected chi connectivity index (χ1v) is 6.35. The van der Waals surface area contributed by atoms with Crippen molar-refractivity contribution in [2.75, 3.05) is 0 Å². The minimum atomic E-state index is 0.375. The van der Waals surface area contributed by atoms with Gasteiger partial charge in [-0.25, -0.2) is 0 Å². The fourth-order valence-corrected chi connectivity index (χ4v) is 2.16. The van der Waals surface area contributed by atoms with Gasteiger partial charge in [-0.05, 0) is 24.3 Å². The lowest BCUT2D eigenvalue weighted by Crippen LogP contribution is -1.82. The van der Waals surface area contributed by atoms with Crippen LogP contribution in [0.1, 0.15) is 0 Å². The van der Waals surface area contributed by atoms with Crippen molar-refractivity contribution in [3.63, 3.8) is 0 Å². The predicted octanol–water partition coefficient (Wildman–Crippen LogP) is 4.71. The summed E-state index contributed by atoms with van der Waals surface area (Å²) in [6, 6.07) is 14.6. The molecule has 2 aromatic carbocycles. The minimum absolute atomic E-state index is 0.375. The van der Waals surface area contributed by atoms with Crippen LogP contribution in [0, 0.1) is 0 Å². The van der Waals surface area contributed by atoms with Crippen LogP contribution in [-0.4, -0.2) is 10.1 Å². The summed E-state index contributed by atoms with van der Waals surface area (Å²) in [5, 5.41) is 5.08. The molecule has 1 aromatic heterocycles. The van der Waals surface area contributed by atoms with Crippen LogP contribution in [0.2, 0.25) is 10.0 Å². The predicted molar refractivity (Wildman–Crippen MR) is 75.2 cm³/mol. The molecule has 0 aliphatic carbocycles. The summed E-state index contributed by atoms with van der Waals surface area (Å²) < 4.78 is 5.24. The molecular weight excluding hydrogens is 283 g/mol. The highest BCUT2D eigenvalue weighted by Gasteiger charge is 2.14. The zero-order valence-corrected chi connectivity index (χ0v) is 11.2. The molecule has 0 aliphatic rings. The molecule has 0 fully saturated rings. The standard InChI is InChI=1S/C14H8Cl2N2O/c15-11-7-3-1-5-9(11)13-17-14(19-18-13)10-6-2-4-8-12(10)16/h1-8H. The maximum atomic E-state index is 6.10. The van der Waals surface area contributed by atoms with E-state index in [0.717, 1.165) is 5.56 Å². The summed E-state index contributed by atoms with van der Waals surface area (Å²) in [5.74, 6) is 0.820. The molecule has 94 valence electrons. The van der Waals surface area contributed by atoms with E-state index in [1.54, 1.807) is 12.1 Å². The topological polar surface area (TPSA) is 38.9 Å². The fourth-order valence-electron chi connectivity index (χ4n) is 1.72. The van der Waals surface area contributed by atoms with E-state index in [9.17, 15) is 0 Å². The molecule has 1 heterocycles. The van der Waals surface area contributed by atoms with Crippen LogP contribution >= 0.6 is 23.2 Å². The Balaban J connectivity index is 2.06. The molecule has 0 saturated heterocycles. The Labute approximate surface area is 119 Å². The van der Waals surface area contributed by atoms with Crippen molar-refractivity contribution < 1.29 is 4.52 Å². The maximum Gasteiger partial charge on any atom is 0.259 e. The molecule has 3 nitrogen and oxygen atoms in total. The molecule has 19 heavy (non-hydrogen) atoms. The third kappa shape index (κ3) is 2.35. The fraction of sp³-hybridized carbons (Fsp3) is 0. The number of aromatic nitrogens is 2. The summed E-state index contributed by atoms with van der Waals surface area (Å²) in [6.45, 7) is 0. The van der Waals surface area contributed by atoms with Crippen molar-refractivity contribution in [1.82, 2.24) is 10.1 Å². The first-order chi connectivity index (χ1) is 9.25. The average molecular weight is 291 g/mol. The summed E-state index contributed by atoms with van der Waals surface area (Å²) in [4.78, 5) is 4.33. The highest BCUT2D eigenvalue weighted by molar-refractivity contribution is 6.33. The van der Waals surface area contributed by atoms with Crippen LogP contribution in [0.15, 0.2) is 53.1 Å². The van der Waals surface area contributed by atoms with Gasteiger partial charge in [0.05, 0.1) is 15.6 Å². The van der Waals surface area contributed by atoms with Crippen LogP contribution in [0.4, 0.5) is 0 Å². The molecule has 3 aromatic rings. The Morgan fingerprint density at radius 3 is 2.00 bits per heavy atom. The van der Waals surface area contributed by atoms with E-state index in [1.165, 1.54) is 0 Å². The summed E-state index contributed by atoms with van der Waals surface area (Å²) in [7, 11) is 0. The number of hydrogen-bond donors (Lipinski definition) is 0. The normalized spacial score (nSPS) is 10.6. The maximum absolute atomic E-state index is 6.10. The van der Waals surface area contributed by atoms with Gasteiger partial charge in [0.1, 0.15) is 0 Å². The van der Waals surface area contributed by atoms with Crippen molar-refractivity contribution >= 4 is 23.2 Å². The number of nitrogens with zero attached hydrogens (tertiary/aromatic N) is 2. The molecule has 0 aliphatic heterocycles. The number of halogens is 2. The van der Waals surface area contributed by atoms with Crippen molar-refractivity contribution in [2.45, 2.75) is 0 Å². The number of hydrogen-bond acceptors (Lipinski definition) is 3. The molecular formula is C14H8Cl2N2O. The summed E-state index contributed by atoms with van der Waals surface area (Å²) in [6.07, 6.45) is 0. The van der Waals surface area contributed by atoms with Crippen LogP contribution in [0.25, 0.3) is 22.8 Å². The molecule has 0 radical (unpaired) electrons. The lowest BCUT2D eigenvalue weighted by atomic mass is 10.2. The van der Waals surface area contributed by atoms with Crippen LogP contribution < -0.4 is 0 Å². The van der Waals surface area contributed by atoms with Gasteiger partial charge in [0.15, 0.2) is 0 Å². The van der Waals surface area contributed by atoms with Gasteiger partial charge < -0.3 is 4.52 Å². The van der Waals surface area contributed by atoms with E-state index in [2.05, 4.69) is 10.1 Å². The largest absolute Gasteiger partial charge is 0.334 e. The van der Waals surface area contributed by atoms with Gasteiger partial charge in [0.25, 0.3) is 5.89 Å². The first kappa shape index (κ1) is 12.2. The van der Waals surface area contributed by atoms with Crippen molar-refractivity contribution in [3.8, 4) is 22.8 Å². The van der Waals surface area contributed by atoms with E-state index in [-0.39, 0.29) is 0 Å².